The number of amides is 1. The van der Waals surface area contributed by atoms with Gasteiger partial charge in [0, 0.05) is 35.9 Å². The van der Waals surface area contributed by atoms with Gasteiger partial charge in [0.05, 0.1) is 6.10 Å². The molecule has 1 amide bonds. The molecule has 1 aromatic heterocycles. The van der Waals surface area contributed by atoms with Crippen molar-refractivity contribution < 1.29 is 19.4 Å². The molecule has 7 nitrogen and oxygen atoms in total. The van der Waals surface area contributed by atoms with Gasteiger partial charge in [-0.05, 0) is 80.3 Å². The van der Waals surface area contributed by atoms with E-state index in [9.17, 15) is 14.7 Å². The Morgan fingerprint density at radius 1 is 1.21 bits per heavy atom. The molecule has 2 heterocycles. The quantitative estimate of drug-likeness (QED) is 0.482. The number of pyridine rings is 1. The number of carboxylic acids is 1. The van der Waals surface area contributed by atoms with Crippen molar-refractivity contribution in [3.8, 4) is 0 Å². The number of carbonyl (C=O) groups is 2. The summed E-state index contributed by atoms with van der Waals surface area (Å²) in [5.41, 5.74) is 2.82. The maximum atomic E-state index is 12.3. The van der Waals surface area contributed by atoms with Crippen molar-refractivity contribution in [2.24, 2.45) is 5.92 Å². The molecule has 0 saturated heterocycles. The van der Waals surface area contributed by atoms with Crippen LogP contribution in [0.1, 0.15) is 53.7 Å². The van der Waals surface area contributed by atoms with Gasteiger partial charge in [-0.1, -0.05) is 17.7 Å². The Kier molecular flexibility index (Phi) is 7.83. The number of aromatic nitrogens is 1. The van der Waals surface area contributed by atoms with E-state index in [4.69, 9.17) is 21.3 Å². The second kappa shape index (κ2) is 11.0. The van der Waals surface area contributed by atoms with Gasteiger partial charge >= 0.3 is 5.97 Å². The first-order valence-electron chi connectivity index (χ1n) is 11.6. The van der Waals surface area contributed by atoms with Gasteiger partial charge < -0.3 is 20.5 Å². The fourth-order valence-electron chi connectivity index (χ4n) is 4.36. The van der Waals surface area contributed by atoms with Crippen molar-refractivity contribution in [3.63, 3.8) is 0 Å². The number of nitrogens with zero attached hydrogens (tertiary/aromatic N) is 1. The fourth-order valence-corrected chi connectivity index (χ4v) is 4.49. The van der Waals surface area contributed by atoms with Crippen LogP contribution in [0.25, 0.3) is 0 Å². The highest BCUT2D eigenvalue weighted by Crippen LogP contribution is 2.34. The first kappa shape index (κ1) is 23.5. The number of rotatable bonds is 10. The lowest BCUT2D eigenvalue weighted by Crippen LogP contribution is -2.42. The lowest BCUT2D eigenvalue weighted by atomic mass is 9.79. The van der Waals surface area contributed by atoms with Crippen LogP contribution in [0.3, 0.4) is 0 Å². The van der Waals surface area contributed by atoms with Gasteiger partial charge in [-0.25, -0.2) is 9.78 Å². The van der Waals surface area contributed by atoms with Gasteiger partial charge in [0.15, 0.2) is 0 Å². The zero-order chi connectivity index (χ0) is 23.2. The standard InChI is InChI=1S/C25H30ClN3O4/c26-19-7-4-18(5-8-19)24(30)29-22(25(31)32)11-13-33-21-14-16(15-21)3-9-20-10-6-17-2-1-12-27-23(17)28-20/h4-8,10,16,21-22H,1-3,9,11-15H2,(H,27,28)(H,29,30)(H,31,32)/t16-,21-,22-/m0/s1. The second-order valence-electron chi connectivity index (χ2n) is 8.87. The monoisotopic (exact) mass is 471 g/mol. The summed E-state index contributed by atoms with van der Waals surface area (Å²) < 4.78 is 5.86. The Bertz CT molecular complexity index is 976. The molecule has 0 unspecified atom stereocenters. The molecule has 8 heteroatoms. The lowest BCUT2D eigenvalue weighted by Gasteiger charge is -2.35. The highest BCUT2D eigenvalue weighted by molar-refractivity contribution is 6.30. The van der Waals surface area contributed by atoms with E-state index in [-0.39, 0.29) is 12.5 Å². The molecule has 0 radical (unpaired) electrons. The molecule has 1 aliphatic carbocycles. The molecule has 1 aliphatic heterocycles. The number of ether oxygens (including phenoxy) is 1. The predicted molar refractivity (Wildman–Crippen MR) is 127 cm³/mol. The number of hydrogen-bond donors (Lipinski definition) is 3. The average Bonchev–Trinajstić information content (AvgIpc) is 2.79. The van der Waals surface area contributed by atoms with Gasteiger partial charge in [-0.3, -0.25) is 4.79 Å². The van der Waals surface area contributed by atoms with Crippen LogP contribution in [0, 0.1) is 5.92 Å². The number of fused-ring (bicyclic) bond motifs is 1. The van der Waals surface area contributed by atoms with Gasteiger partial charge in [-0.2, -0.15) is 0 Å². The van der Waals surface area contributed by atoms with Gasteiger partial charge in [0.1, 0.15) is 11.9 Å². The highest BCUT2D eigenvalue weighted by atomic mass is 35.5. The maximum absolute atomic E-state index is 12.3. The van der Waals surface area contributed by atoms with Crippen LogP contribution in [0.2, 0.25) is 5.02 Å². The van der Waals surface area contributed by atoms with E-state index in [2.05, 4.69) is 22.8 Å². The topological polar surface area (TPSA) is 101 Å². The third-order valence-electron chi connectivity index (χ3n) is 6.42. The molecule has 1 atom stereocenters. The van der Waals surface area contributed by atoms with Crippen molar-refractivity contribution in [2.45, 2.75) is 57.1 Å². The summed E-state index contributed by atoms with van der Waals surface area (Å²) in [6, 6.07) is 9.68. The zero-order valence-corrected chi connectivity index (χ0v) is 19.3. The molecule has 2 aliphatic rings. The average molecular weight is 472 g/mol. The molecule has 1 saturated carbocycles. The molecule has 176 valence electrons. The smallest absolute Gasteiger partial charge is 0.326 e. The number of carboxylic acid groups (broad SMARTS) is 1. The fraction of sp³-hybridized carbons (Fsp3) is 0.480. The number of hydrogen-bond acceptors (Lipinski definition) is 5. The summed E-state index contributed by atoms with van der Waals surface area (Å²) in [5.74, 6) is 0.151. The number of aryl methyl sites for hydroxylation is 2. The van der Waals surface area contributed by atoms with Crippen molar-refractivity contribution in [1.29, 1.82) is 0 Å². The van der Waals surface area contributed by atoms with Crippen molar-refractivity contribution in [2.75, 3.05) is 18.5 Å². The maximum Gasteiger partial charge on any atom is 0.326 e. The van der Waals surface area contributed by atoms with Crippen LogP contribution < -0.4 is 10.6 Å². The van der Waals surface area contributed by atoms with E-state index in [1.54, 1.807) is 24.3 Å². The van der Waals surface area contributed by atoms with Gasteiger partial charge in [-0.15, -0.1) is 0 Å². The highest BCUT2D eigenvalue weighted by Gasteiger charge is 2.30. The van der Waals surface area contributed by atoms with Crippen LogP contribution in [0.5, 0.6) is 0 Å². The van der Waals surface area contributed by atoms with E-state index in [1.807, 2.05) is 0 Å². The first-order valence-corrected chi connectivity index (χ1v) is 12.0. The van der Waals surface area contributed by atoms with Crippen molar-refractivity contribution in [3.05, 3.63) is 58.2 Å². The molecule has 1 fully saturated rings. The zero-order valence-electron chi connectivity index (χ0n) is 18.6. The summed E-state index contributed by atoms with van der Waals surface area (Å²) in [6.45, 7) is 1.30. The summed E-state index contributed by atoms with van der Waals surface area (Å²) in [7, 11) is 0. The second-order valence-corrected chi connectivity index (χ2v) is 9.31. The van der Waals surface area contributed by atoms with Crippen LogP contribution in [-0.2, 0) is 22.4 Å². The molecule has 0 bridgehead atoms. The molecular weight excluding hydrogens is 442 g/mol. The van der Waals surface area contributed by atoms with Gasteiger partial charge in [0.25, 0.3) is 5.91 Å². The van der Waals surface area contributed by atoms with E-state index in [0.29, 0.717) is 23.1 Å². The summed E-state index contributed by atoms with van der Waals surface area (Å²) in [5, 5.41) is 15.9. The molecular formula is C25H30ClN3O4. The SMILES string of the molecule is O=C(N[C@@H](CCO[C@H]1C[C@H](CCc2ccc3c(n2)NCCC3)C1)C(=O)O)c1ccc(Cl)cc1. The first-order chi connectivity index (χ1) is 16.0. The number of nitrogens with one attached hydrogen (secondary N) is 2. The third kappa shape index (κ3) is 6.45. The van der Waals surface area contributed by atoms with E-state index >= 15 is 0 Å². The minimum absolute atomic E-state index is 0.162. The molecule has 4 rings (SSSR count). The molecule has 3 N–H and O–H groups in total. The lowest BCUT2D eigenvalue weighted by molar-refractivity contribution is -0.140. The molecule has 2 aromatic rings. The van der Waals surface area contributed by atoms with Crippen molar-refractivity contribution >= 4 is 29.3 Å². The number of carbonyl (C=O) groups excluding carboxylic acids is 1. The number of halogens is 1. The van der Waals surface area contributed by atoms with Gasteiger partial charge in [0.2, 0.25) is 0 Å². The summed E-state index contributed by atoms with van der Waals surface area (Å²) in [6.07, 6.45) is 6.67. The third-order valence-corrected chi connectivity index (χ3v) is 6.67. The normalized spacial score (nSPS) is 20.2. The number of aliphatic carboxylic acids is 1. The Morgan fingerprint density at radius 2 is 2.00 bits per heavy atom. The summed E-state index contributed by atoms with van der Waals surface area (Å²) in [4.78, 5) is 28.6. The Labute approximate surface area is 198 Å². The number of anilines is 1. The summed E-state index contributed by atoms with van der Waals surface area (Å²) >= 11 is 5.83. The van der Waals surface area contributed by atoms with E-state index < -0.39 is 17.9 Å². The van der Waals surface area contributed by atoms with Crippen LogP contribution in [0.15, 0.2) is 36.4 Å². The van der Waals surface area contributed by atoms with E-state index in [0.717, 1.165) is 50.2 Å². The minimum Gasteiger partial charge on any atom is -0.480 e. The van der Waals surface area contributed by atoms with Crippen molar-refractivity contribution in [1.82, 2.24) is 10.3 Å². The Balaban J connectivity index is 1.14. The Hall–Kier alpha value is -2.64. The minimum atomic E-state index is -1.07. The number of benzene rings is 1. The van der Waals surface area contributed by atoms with Crippen LogP contribution in [0.4, 0.5) is 5.82 Å². The molecule has 1 aromatic carbocycles. The molecule has 0 spiro atoms. The molecule has 33 heavy (non-hydrogen) atoms. The van der Waals surface area contributed by atoms with E-state index in [1.165, 1.54) is 12.0 Å². The predicted octanol–water partition coefficient (Wildman–Crippen LogP) is 4.09. The largest absolute Gasteiger partial charge is 0.480 e. The van der Waals surface area contributed by atoms with Crippen LogP contribution in [-0.4, -0.2) is 47.3 Å². The van der Waals surface area contributed by atoms with Crippen LogP contribution >= 0.6 is 11.6 Å². The Morgan fingerprint density at radius 3 is 2.76 bits per heavy atom.